The molecule has 0 spiro atoms. The summed E-state index contributed by atoms with van der Waals surface area (Å²) in [5.41, 5.74) is 6.32. The summed E-state index contributed by atoms with van der Waals surface area (Å²) in [7, 11) is 0. The van der Waals surface area contributed by atoms with E-state index in [1.807, 2.05) is 0 Å². The molecule has 1 aromatic carbocycles. The van der Waals surface area contributed by atoms with Gasteiger partial charge in [0.1, 0.15) is 5.75 Å². The molecule has 0 saturated heterocycles. The van der Waals surface area contributed by atoms with Crippen LogP contribution in [0.3, 0.4) is 0 Å². The number of phenolic OH excluding ortho intramolecular Hbond substituents is 1. The van der Waals surface area contributed by atoms with Crippen LogP contribution in [-0.4, -0.2) is 11.7 Å². The fourth-order valence-electron chi connectivity index (χ4n) is 1.05. The van der Waals surface area contributed by atoms with Crippen LogP contribution in [0.1, 0.15) is 12.0 Å². The molecule has 0 radical (unpaired) electrons. The van der Waals surface area contributed by atoms with E-state index in [0.717, 1.165) is 18.4 Å². The van der Waals surface area contributed by atoms with Gasteiger partial charge < -0.3 is 10.8 Å². The number of phenols is 1. The fraction of sp³-hybridized carbons (Fsp3) is 0.333. The summed E-state index contributed by atoms with van der Waals surface area (Å²) in [4.78, 5) is 0. The lowest BCUT2D eigenvalue weighted by atomic mass is 10.1. The Hall–Kier alpha value is -0.730. The smallest absolute Gasteiger partial charge is 0.115 e. The van der Waals surface area contributed by atoms with Gasteiger partial charge >= 0.3 is 0 Å². The third-order valence-electron chi connectivity index (χ3n) is 1.68. The molecule has 3 N–H and O–H groups in total. The highest BCUT2D eigenvalue weighted by molar-refractivity contribution is 6.31. The lowest BCUT2D eigenvalue weighted by Gasteiger charge is -2.02. The zero-order chi connectivity index (χ0) is 8.97. The van der Waals surface area contributed by atoms with Crippen LogP contribution < -0.4 is 5.73 Å². The average molecular weight is 186 g/mol. The summed E-state index contributed by atoms with van der Waals surface area (Å²) in [5, 5.41) is 9.84. The molecule has 0 saturated carbocycles. The Kier molecular flexibility index (Phi) is 3.38. The van der Waals surface area contributed by atoms with E-state index in [-0.39, 0.29) is 5.75 Å². The Morgan fingerprint density at radius 1 is 1.42 bits per heavy atom. The molecule has 1 aromatic rings. The van der Waals surface area contributed by atoms with E-state index in [4.69, 9.17) is 22.4 Å². The van der Waals surface area contributed by atoms with Crippen molar-refractivity contribution in [2.24, 2.45) is 5.73 Å². The van der Waals surface area contributed by atoms with Crippen LogP contribution in [0.25, 0.3) is 0 Å². The molecule has 0 amide bonds. The normalized spacial score (nSPS) is 10.2. The van der Waals surface area contributed by atoms with Crippen molar-refractivity contribution in [1.82, 2.24) is 0 Å². The van der Waals surface area contributed by atoms with E-state index >= 15 is 0 Å². The van der Waals surface area contributed by atoms with Gasteiger partial charge in [0, 0.05) is 5.02 Å². The molecule has 0 aliphatic heterocycles. The minimum Gasteiger partial charge on any atom is -0.508 e. The summed E-state index contributed by atoms with van der Waals surface area (Å²) in [6.45, 7) is 0.645. The maximum atomic E-state index is 9.15. The molecular formula is C9H12ClNO. The molecule has 66 valence electrons. The number of hydrogen-bond donors (Lipinski definition) is 2. The standard InChI is InChI=1S/C9H12ClNO/c10-9-4-3-8(12)6-7(9)2-1-5-11/h3-4,6,12H,1-2,5,11H2. The summed E-state index contributed by atoms with van der Waals surface area (Å²) >= 11 is 5.88. The molecule has 0 aliphatic rings. The zero-order valence-corrected chi connectivity index (χ0v) is 7.51. The molecule has 12 heavy (non-hydrogen) atoms. The van der Waals surface area contributed by atoms with E-state index in [0.29, 0.717) is 11.6 Å². The van der Waals surface area contributed by atoms with Crippen LogP contribution in [-0.2, 0) is 6.42 Å². The number of halogens is 1. The van der Waals surface area contributed by atoms with Crippen molar-refractivity contribution in [2.75, 3.05) is 6.54 Å². The van der Waals surface area contributed by atoms with E-state index < -0.39 is 0 Å². The molecule has 0 heterocycles. The summed E-state index contributed by atoms with van der Waals surface area (Å²) in [6.07, 6.45) is 1.72. The lowest BCUT2D eigenvalue weighted by molar-refractivity contribution is 0.474. The number of rotatable bonds is 3. The highest BCUT2D eigenvalue weighted by Gasteiger charge is 2.00. The van der Waals surface area contributed by atoms with E-state index in [2.05, 4.69) is 0 Å². The minimum atomic E-state index is 0.256. The molecule has 0 aromatic heterocycles. The first kappa shape index (κ1) is 9.36. The van der Waals surface area contributed by atoms with Crippen molar-refractivity contribution in [3.05, 3.63) is 28.8 Å². The van der Waals surface area contributed by atoms with Crippen molar-refractivity contribution in [1.29, 1.82) is 0 Å². The van der Waals surface area contributed by atoms with Gasteiger partial charge in [-0.1, -0.05) is 11.6 Å². The number of hydrogen-bond acceptors (Lipinski definition) is 2. The summed E-state index contributed by atoms with van der Waals surface area (Å²) in [5.74, 6) is 0.256. The van der Waals surface area contributed by atoms with Crippen LogP contribution in [0.15, 0.2) is 18.2 Å². The second-order valence-corrected chi connectivity index (χ2v) is 3.08. The molecule has 0 bridgehead atoms. The largest absolute Gasteiger partial charge is 0.508 e. The van der Waals surface area contributed by atoms with Gasteiger partial charge in [-0.25, -0.2) is 0 Å². The van der Waals surface area contributed by atoms with Crippen molar-refractivity contribution in [3.63, 3.8) is 0 Å². The first-order chi connectivity index (χ1) is 5.74. The van der Waals surface area contributed by atoms with E-state index in [1.54, 1.807) is 18.2 Å². The molecule has 0 atom stereocenters. The Morgan fingerprint density at radius 3 is 2.83 bits per heavy atom. The van der Waals surface area contributed by atoms with Crippen molar-refractivity contribution < 1.29 is 5.11 Å². The number of nitrogens with two attached hydrogens (primary N) is 1. The molecule has 1 rings (SSSR count). The minimum absolute atomic E-state index is 0.256. The van der Waals surface area contributed by atoms with E-state index in [9.17, 15) is 0 Å². The molecule has 0 unspecified atom stereocenters. The van der Waals surface area contributed by atoms with Crippen LogP contribution in [0, 0.1) is 0 Å². The Morgan fingerprint density at radius 2 is 2.17 bits per heavy atom. The second kappa shape index (κ2) is 4.33. The van der Waals surface area contributed by atoms with Gasteiger partial charge in [0.2, 0.25) is 0 Å². The first-order valence-electron chi connectivity index (χ1n) is 3.91. The van der Waals surface area contributed by atoms with Crippen LogP contribution in [0.2, 0.25) is 5.02 Å². The van der Waals surface area contributed by atoms with Gasteiger partial charge in [-0.05, 0) is 43.1 Å². The Balaban J connectivity index is 2.75. The Bertz CT molecular complexity index is 263. The molecule has 0 fully saturated rings. The van der Waals surface area contributed by atoms with Crippen LogP contribution in [0.4, 0.5) is 0 Å². The predicted molar refractivity (Wildman–Crippen MR) is 50.5 cm³/mol. The van der Waals surface area contributed by atoms with Crippen molar-refractivity contribution in [3.8, 4) is 5.75 Å². The van der Waals surface area contributed by atoms with Crippen LogP contribution in [0.5, 0.6) is 5.75 Å². The molecular weight excluding hydrogens is 174 g/mol. The predicted octanol–water partition coefficient (Wildman–Crippen LogP) is 1.94. The third kappa shape index (κ3) is 2.40. The van der Waals surface area contributed by atoms with Gasteiger partial charge in [-0.2, -0.15) is 0 Å². The van der Waals surface area contributed by atoms with Gasteiger partial charge in [-0.3, -0.25) is 0 Å². The summed E-state index contributed by atoms with van der Waals surface area (Å²) < 4.78 is 0. The molecule has 0 aliphatic carbocycles. The number of aryl methyl sites for hydroxylation is 1. The van der Waals surface area contributed by atoms with Gasteiger partial charge in [0.05, 0.1) is 0 Å². The highest BCUT2D eigenvalue weighted by atomic mass is 35.5. The van der Waals surface area contributed by atoms with Gasteiger partial charge in [-0.15, -0.1) is 0 Å². The Labute approximate surface area is 77.0 Å². The van der Waals surface area contributed by atoms with Gasteiger partial charge in [0.15, 0.2) is 0 Å². The average Bonchev–Trinajstić information content (AvgIpc) is 2.07. The maximum absolute atomic E-state index is 9.15. The summed E-state index contributed by atoms with van der Waals surface area (Å²) in [6, 6.07) is 4.95. The molecule has 2 nitrogen and oxygen atoms in total. The SMILES string of the molecule is NCCCc1cc(O)ccc1Cl. The van der Waals surface area contributed by atoms with Crippen molar-refractivity contribution in [2.45, 2.75) is 12.8 Å². The zero-order valence-electron chi connectivity index (χ0n) is 6.76. The monoisotopic (exact) mass is 185 g/mol. The fourth-order valence-corrected chi connectivity index (χ4v) is 1.26. The second-order valence-electron chi connectivity index (χ2n) is 2.67. The maximum Gasteiger partial charge on any atom is 0.115 e. The lowest BCUT2D eigenvalue weighted by Crippen LogP contribution is -2.00. The number of aromatic hydroxyl groups is 1. The van der Waals surface area contributed by atoms with Crippen LogP contribution >= 0.6 is 11.6 Å². The van der Waals surface area contributed by atoms with Gasteiger partial charge in [0.25, 0.3) is 0 Å². The highest BCUT2D eigenvalue weighted by Crippen LogP contribution is 2.21. The first-order valence-corrected chi connectivity index (χ1v) is 4.29. The van der Waals surface area contributed by atoms with E-state index in [1.165, 1.54) is 0 Å². The topological polar surface area (TPSA) is 46.2 Å². The van der Waals surface area contributed by atoms with Crippen molar-refractivity contribution >= 4 is 11.6 Å². The third-order valence-corrected chi connectivity index (χ3v) is 2.05. The number of benzene rings is 1. The molecule has 3 heteroatoms. The quantitative estimate of drug-likeness (QED) is 0.756.